The topological polar surface area (TPSA) is 80.8 Å². The molecule has 0 bridgehead atoms. The molecule has 1 aromatic heterocycles. The fourth-order valence-corrected chi connectivity index (χ4v) is 1.66. The minimum atomic E-state index is -5.57. The zero-order valence-electron chi connectivity index (χ0n) is 11.5. The number of H-pyrrole nitrogens is 1. The second kappa shape index (κ2) is 6.45. The zero-order chi connectivity index (χ0) is 18.0. The number of benzene rings is 1. The number of halogens is 6. The molecule has 2 rings (SSSR count). The molecular weight excluding hydrogens is 346 g/mol. The van der Waals surface area contributed by atoms with E-state index in [1.807, 2.05) is 0 Å². The van der Waals surface area contributed by atoms with Crippen LogP contribution in [0.4, 0.5) is 26.3 Å². The van der Waals surface area contributed by atoms with E-state index in [0.29, 0.717) is 5.56 Å². The standard InChI is InChI=1S/C12H8F6N4O2/c13-11(14,15)8(12(16,17)18)5-24-10(23)7-3-1-6(2-4-7)9-19-21-22-20-9/h1-4,8H,5H2,(H,19,20,21,22). The molecule has 0 fully saturated rings. The molecule has 130 valence electrons. The Morgan fingerprint density at radius 3 is 2.12 bits per heavy atom. The van der Waals surface area contributed by atoms with Crippen LogP contribution in [0.25, 0.3) is 11.4 Å². The Labute approximate surface area is 129 Å². The average Bonchev–Trinajstić information content (AvgIpc) is 2.98. The predicted molar refractivity (Wildman–Crippen MR) is 65.5 cm³/mol. The first-order chi connectivity index (χ1) is 11.1. The number of nitrogens with zero attached hydrogens (tertiary/aromatic N) is 3. The largest absolute Gasteiger partial charge is 0.461 e. The van der Waals surface area contributed by atoms with Crippen molar-refractivity contribution in [2.24, 2.45) is 5.92 Å². The zero-order valence-corrected chi connectivity index (χ0v) is 11.5. The molecule has 0 saturated carbocycles. The van der Waals surface area contributed by atoms with Gasteiger partial charge in [-0.3, -0.25) is 0 Å². The normalized spacial score (nSPS) is 12.5. The molecule has 0 aliphatic heterocycles. The molecule has 0 radical (unpaired) electrons. The van der Waals surface area contributed by atoms with Gasteiger partial charge in [-0.15, -0.1) is 10.2 Å². The van der Waals surface area contributed by atoms with Crippen LogP contribution < -0.4 is 0 Å². The molecule has 0 spiro atoms. The first-order valence-corrected chi connectivity index (χ1v) is 6.23. The number of aromatic amines is 1. The van der Waals surface area contributed by atoms with Gasteiger partial charge < -0.3 is 4.74 Å². The summed E-state index contributed by atoms with van der Waals surface area (Å²) >= 11 is 0. The second-order valence-corrected chi connectivity index (χ2v) is 4.55. The van der Waals surface area contributed by atoms with E-state index in [-0.39, 0.29) is 11.4 Å². The monoisotopic (exact) mass is 354 g/mol. The van der Waals surface area contributed by atoms with E-state index >= 15 is 0 Å². The summed E-state index contributed by atoms with van der Waals surface area (Å²) in [6, 6.07) is 4.99. The maximum Gasteiger partial charge on any atom is 0.403 e. The van der Waals surface area contributed by atoms with Crippen molar-refractivity contribution in [2.75, 3.05) is 6.61 Å². The Hall–Kier alpha value is -2.66. The number of hydrogen-bond donors (Lipinski definition) is 1. The summed E-state index contributed by atoms with van der Waals surface area (Å²) in [5.74, 6) is -4.86. The van der Waals surface area contributed by atoms with Gasteiger partial charge in [0, 0.05) is 5.56 Å². The molecule has 0 amide bonds. The smallest absolute Gasteiger partial charge is 0.403 e. The maximum absolute atomic E-state index is 12.3. The Balaban J connectivity index is 2.04. The summed E-state index contributed by atoms with van der Waals surface area (Å²) in [6.07, 6.45) is -11.1. The fourth-order valence-electron chi connectivity index (χ4n) is 1.66. The molecule has 0 atom stereocenters. The van der Waals surface area contributed by atoms with Gasteiger partial charge in [0.05, 0.1) is 5.56 Å². The van der Waals surface area contributed by atoms with E-state index in [1.165, 1.54) is 12.1 Å². The van der Waals surface area contributed by atoms with Crippen molar-refractivity contribution in [3.8, 4) is 11.4 Å². The minimum absolute atomic E-state index is 0.198. The van der Waals surface area contributed by atoms with Gasteiger partial charge in [0.15, 0.2) is 5.92 Å². The lowest BCUT2D eigenvalue weighted by Crippen LogP contribution is -2.40. The van der Waals surface area contributed by atoms with Crippen LogP contribution in [0.3, 0.4) is 0 Å². The number of tetrazole rings is 1. The summed E-state index contributed by atoms with van der Waals surface area (Å²) in [7, 11) is 0. The number of hydrogen-bond acceptors (Lipinski definition) is 5. The number of alkyl halides is 6. The maximum atomic E-state index is 12.3. The van der Waals surface area contributed by atoms with Crippen LogP contribution in [0.15, 0.2) is 24.3 Å². The van der Waals surface area contributed by atoms with Crippen molar-refractivity contribution in [3.05, 3.63) is 29.8 Å². The number of nitrogens with one attached hydrogen (secondary N) is 1. The molecule has 0 unspecified atom stereocenters. The van der Waals surface area contributed by atoms with Crippen molar-refractivity contribution in [1.29, 1.82) is 0 Å². The SMILES string of the molecule is O=C(OCC(C(F)(F)F)C(F)(F)F)c1ccc(-c2nn[nH]n2)cc1. The van der Waals surface area contributed by atoms with Gasteiger partial charge in [0.1, 0.15) is 6.61 Å². The molecule has 24 heavy (non-hydrogen) atoms. The highest BCUT2D eigenvalue weighted by Crippen LogP contribution is 2.39. The average molecular weight is 354 g/mol. The molecule has 6 nitrogen and oxygen atoms in total. The lowest BCUT2D eigenvalue weighted by atomic mass is 10.1. The van der Waals surface area contributed by atoms with Gasteiger partial charge >= 0.3 is 18.3 Å². The molecular formula is C12H8F6N4O2. The molecule has 0 aliphatic carbocycles. The molecule has 2 aromatic rings. The van der Waals surface area contributed by atoms with Gasteiger partial charge in [0.25, 0.3) is 0 Å². The molecule has 0 aliphatic rings. The highest BCUT2D eigenvalue weighted by atomic mass is 19.4. The van der Waals surface area contributed by atoms with Crippen LogP contribution >= 0.6 is 0 Å². The van der Waals surface area contributed by atoms with E-state index in [2.05, 4.69) is 25.4 Å². The van der Waals surface area contributed by atoms with Crippen LogP contribution in [0, 0.1) is 5.92 Å². The van der Waals surface area contributed by atoms with Gasteiger partial charge in [-0.05, 0) is 17.3 Å². The lowest BCUT2D eigenvalue weighted by Gasteiger charge is -2.22. The highest BCUT2D eigenvalue weighted by molar-refractivity contribution is 5.89. The van der Waals surface area contributed by atoms with E-state index < -0.39 is 30.8 Å². The van der Waals surface area contributed by atoms with Crippen molar-refractivity contribution < 1.29 is 35.9 Å². The molecule has 0 saturated heterocycles. The fraction of sp³-hybridized carbons (Fsp3) is 0.333. The minimum Gasteiger partial charge on any atom is -0.461 e. The number of ether oxygens (including phenoxy) is 1. The Bertz CT molecular complexity index is 667. The first kappa shape index (κ1) is 17.7. The van der Waals surface area contributed by atoms with Crippen LogP contribution in [-0.2, 0) is 4.74 Å². The molecule has 1 aromatic carbocycles. The van der Waals surface area contributed by atoms with Gasteiger partial charge in [-0.1, -0.05) is 12.1 Å². The van der Waals surface area contributed by atoms with E-state index in [0.717, 1.165) is 12.1 Å². The third kappa shape index (κ3) is 4.20. The summed E-state index contributed by atoms with van der Waals surface area (Å²) < 4.78 is 78.2. The van der Waals surface area contributed by atoms with Gasteiger partial charge in [0.2, 0.25) is 5.82 Å². The molecule has 1 N–H and O–H groups in total. The van der Waals surface area contributed by atoms with E-state index in [9.17, 15) is 31.1 Å². The summed E-state index contributed by atoms with van der Waals surface area (Å²) in [5, 5.41) is 12.8. The first-order valence-electron chi connectivity index (χ1n) is 6.23. The van der Waals surface area contributed by atoms with Crippen LogP contribution in [-0.4, -0.2) is 45.6 Å². The number of rotatable bonds is 4. The van der Waals surface area contributed by atoms with Gasteiger partial charge in [-0.2, -0.15) is 31.6 Å². The second-order valence-electron chi connectivity index (χ2n) is 4.55. The quantitative estimate of drug-likeness (QED) is 0.675. The van der Waals surface area contributed by atoms with E-state index in [4.69, 9.17) is 0 Å². The molecule has 12 heteroatoms. The van der Waals surface area contributed by atoms with Crippen LogP contribution in [0.5, 0.6) is 0 Å². The van der Waals surface area contributed by atoms with E-state index in [1.54, 1.807) is 0 Å². The van der Waals surface area contributed by atoms with Crippen molar-refractivity contribution in [1.82, 2.24) is 20.6 Å². The third-order valence-electron chi connectivity index (χ3n) is 2.90. The summed E-state index contributed by atoms with van der Waals surface area (Å²) in [6.45, 7) is -1.85. The van der Waals surface area contributed by atoms with Crippen molar-refractivity contribution in [2.45, 2.75) is 12.4 Å². The van der Waals surface area contributed by atoms with Crippen LogP contribution in [0.1, 0.15) is 10.4 Å². The number of carbonyl (C=O) groups is 1. The predicted octanol–water partition coefficient (Wildman–Crippen LogP) is 2.76. The molecule has 1 heterocycles. The summed E-state index contributed by atoms with van der Waals surface area (Å²) in [5.41, 5.74) is 0.217. The van der Waals surface area contributed by atoms with Crippen LogP contribution in [0.2, 0.25) is 0 Å². The number of aromatic nitrogens is 4. The van der Waals surface area contributed by atoms with Crippen molar-refractivity contribution in [3.63, 3.8) is 0 Å². The Morgan fingerprint density at radius 1 is 1.08 bits per heavy atom. The number of esters is 1. The van der Waals surface area contributed by atoms with Gasteiger partial charge in [-0.25, -0.2) is 4.79 Å². The highest BCUT2D eigenvalue weighted by Gasteiger charge is 2.57. The summed E-state index contributed by atoms with van der Waals surface area (Å²) in [4.78, 5) is 11.6. The Morgan fingerprint density at radius 2 is 1.67 bits per heavy atom. The lowest BCUT2D eigenvalue weighted by molar-refractivity contribution is -0.291. The third-order valence-corrected chi connectivity index (χ3v) is 2.90. The number of carbonyl (C=O) groups excluding carboxylic acids is 1. The van der Waals surface area contributed by atoms with Crippen molar-refractivity contribution >= 4 is 5.97 Å². The Kier molecular flexibility index (Phi) is 4.76.